The minimum atomic E-state index is -3.83. The quantitative estimate of drug-likeness (QED) is 0.438. The molecule has 0 aliphatic rings. The van der Waals surface area contributed by atoms with Crippen molar-refractivity contribution in [3.8, 4) is 0 Å². The van der Waals surface area contributed by atoms with E-state index in [1.807, 2.05) is 6.92 Å². The van der Waals surface area contributed by atoms with Gasteiger partial charge in [0, 0.05) is 23.1 Å². The largest absolute Gasteiger partial charge is 0.354 e. The van der Waals surface area contributed by atoms with Gasteiger partial charge in [0.05, 0.1) is 11.9 Å². The number of hydrogen-bond donors (Lipinski definition) is 1. The molecule has 2 aromatic rings. The van der Waals surface area contributed by atoms with E-state index in [1.165, 1.54) is 4.90 Å². The maximum atomic E-state index is 13.5. The summed E-state index contributed by atoms with van der Waals surface area (Å²) < 4.78 is 26.3. The summed E-state index contributed by atoms with van der Waals surface area (Å²) in [5, 5.41) is 3.67. The minimum Gasteiger partial charge on any atom is -0.354 e. The van der Waals surface area contributed by atoms with Crippen LogP contribution in [0.15, 0.2) is 42.5 Å². The van der Waals surface area contributed by atoms with Crippen LogP contribution in [0.5, 0.6) is 0 Å². The molecule has 2 aromatic carbocycles. The molecule has 0 radical (unpaired) electrons. The van der Waals surface area contributed by atoms with Crippen molar-refractivity contribution in [2.75, 3.05) is 23.7 Å². The number of sulfonamides is 1. The van der Waals surface area contributed by atoms with Crippen molar-refractivity contribution in [1.29, 1.82) is 0 Å². The Morgan fingerprint density at radius 3 is 2.32 bits per heavy atom. The second-order valence-corrected chi connectivity index (χ2v) is 10.8. The molecular weight excluding hydrogens is 497 g/mol. The zero-order valence-corrected chi connectivity index (χ0v) is 22.2. The molecular formula is C24H31Cl2N3O4S. The third-order valence-electron chi connectivity index (χ3n) is 5.48. The van der Waals surface area contributed by atoms with Crippen LogP contribution in [-0.2, 0) is 26.2 Å². The maximum Gasteiger partial charge on any atom is 0.244 e. The van der Waals surface area contributed by atoms with Gasteiger partial charge in [-0.2, -0.15) is 0 Å². The Hall–Kier alpha value is -2.29. The van der Waals surface area contributed by atoms with E-state index in [-0.39, 0.29) is 12.5 Å². The Kier molecular flexibility index (Phi) is 10.2. The van der Waals surface area contributed by atoms with E-state index in [0.29, 0.717) is 33.4 Å². The summed E-state index contributed by atoms with van der Waals surface area (Å²) in [7, 11) is -3.83. The van der Waals surface area contributed by atoms with Crippen LogP contribution in [0, 0.1) is 6.92 Å². The number of nitrogens with one attached hydrogen (secondary N) is 1. The van der Waals surface area contributed by atoms with Gasteiger partial charge in [0.25, 0.3) is 0 Å². The molecule has 10 heteroatoms. The molecule has 2 amide bonds. The van der Waals surface area contributed by atoms with Crippen LogP contribution in [0.4, 0.5) is 5.69 Å². The van der Waals surface area contributed by atoms with Gasteiger partial charge in [-0.3, -0.25) is 13.9 Å². The predicted molar refractivity (Wildman–Crippen MR) is 138 cm³/mol. The summed E-state index contributed by atoms with van der Waals surface area (Å²) in [4.78, 5) is 27.7. The average molecular weight is 529 g/mol. The smallest absolute Gasteiger partial charge is 0.244 e. The number of carbonyl (C=O) groups excluding carboxylic acids is 2. The van der Waals surface area contributed by atoms with Gasteiger partial charge < -0.3 is 10.2 Å². The molecule has 0 aromatic heterocycles. The lowest BCUT2D eigenvalue weighted by Gasteiger charge is -2.32. The van der Waals surface area contributed by atoms with E-state index in [2.05, 4.69) is 5.32 Å². The second kappa shape index (κ2) is 12.4. The van der Waals surface area contributed by atoms with Crippen LogP contribution in [0.25, 0.3) is 0 Å². The van der Waals surface area contributed by atoms with E-state index in [9.17, 15) is 18.0 Å². The van der Waals surface area contributed by atoms with Gasteiger partial charge in [-0.1, -0.05) is 60.8 Å². The summed E-state index contributed by atoms with van der Waals surface area (Å²) in [6.45, 7) is 5.37. The summed E-state index contributed by atoms with van der Waals surface area (Å²) >= 11 is 12.5. The number of amides is 2. The Balaban J connectivity index is 2.41. The van der Waals surface area contributed by atoms with E-state index < -0.39 is 28.5 Å². The molecule has 0 aliphatic heterocycles. The molecule has 0 aliphatic carbocycles. The van der Waals surface area contributed by atoms with Crippen molar-refractivity contribution in [3.63, 3.8) is 0 Å². The van der Waals surface area contributed by atoms with Crippen LogP contribution in [0.2, 0.25) is 10.0 Å². The lowest BCUT2D eigenvalue weighted by atomic mass is 10.1. The van der Waals surface area contributed by atoms with Gasteiger partial charge in [-0.25, -0.2) is 8.42 Å². The monoisotopic (exact) mass is 527 g/mol. The molecule has 0 spiro atoms. The fourth-order valence-corrected chi connectivity index (χ4v) is 4.65. The molecule has 0 unspecified atom stereocenters. The molecule has 1 N–H and O–H groups in total. The van der Waals surface area contributed by atoms with E-state index in [0.717, 1.165) is 23.4 Å². The molecule has 0 saturated heterocycles. The van der Waals surface area contributed by atoms with Gasteiger partial charge in [0.1, 0.15) is 12.6 Å². The van der Waals surface area contributed by atoms with Gasteiger partial charge in [-0.15, -0.1) is 0 Å². The third-order valence-corrected chi connectivity index (χ3v) is 7.39. The number of unbranched alkanes of at least 4 members (excludes halogenated alkanes) is 1. The average Bonchev–Trinajstić information content (AvgIpc) is 2.77. The zero-order chi connectivity index (χ0) is 25.5. The minimum absolute atomic E-state index is 0.0486. The van der Waals surface area contributed by atoms with Crippen molar-refractivity contribution in [3.05, 3.63) is 63.6 Å². The molecule has 186 valence electrons. The van der Waals surface area contributed by atoms with Crippen molar-refractivity contribution in [1.82, 2.24) is 10.2 Å². The van der Waals surface area contributed by atoms with Crippen molar-refractivity contribution < 1.29 is 18.0 Å². The Labute approximate surface area is 212 Å². The highest BCUT2D eigenvalue weighted by molar-refractivity contribution is 7.92. The van der Waals surface area contributed by atoms with Crippen molar-refractivity contribution >= 4 is 50.7 Å². The van der Waals surface area contributed by atoms with Crippen LogP contribution in [0.1, 0.15) is 37.8 Å². The highest BCUT2D eigenvalue weighted by Crippen LogP contribution is 2.28. The number of hydrogen-bond acceptors (Lipinski definition) is 4. The first-order chi connectivity index (χ1) is 16.0. The first kappa shape index (κ1) is 28.0. The first-order valence-electron chi connectivity index (χ1n) is 11.0. The summed E-state index contributed by atoms with van der Waals surface area (Å²) in [5.74, 6) is -0.860. The summed E-state index contributed by atoms with van der Waals surface area (Å²) in [6.07, 6.45) is 2.76. The first-order valence-corrected chi connectivity index (χ1v) is 13.6. The van der Waals surface area contributed by atoms with Crippen molar-refractivity contribution in [2.45, 2.75) is 46.2 Å². The van der Waals surface area contributed by atoms with Gasteiger partial charge in [0.15, 0.2) is 0 Å². The fraction of sp³-hybridized carbons (Fsp3) is 0.417. The predicted octanol–water partition coefficient (Wildman–Crippen LogP) is 4.40. The molecule has 0 fully saturated rings. The molecule has 34 heavy (non-hydrogen) atoms. The SMILES string of the molecule is CCCCNC(=O)[C@H](C)N(Cc1ccccc1Cl)C(=O)CN(c1cccc(Cl)c1C)S(C)(=O)=O. The fourth-order valence-electron chi connectivity index (χ4n) is 3.39. The van der Waals surface area contributed by atoms with Gasteiger partial charge >= 0.3 is 0 Å². The Morgan fingerprint density at radius 2 is 1.71 bits per heavy atom. The molecule has 0 saturated carbocycles. The highest BCUT2D eigenvalue weighted by Gasteiger charge is 2.31. The lowest BCUT2D eigenvalue weighted by molar-refractivity contribution is -0.139. The molecule has 2 rings (SSSR count). The maximum absolute atomic E-state index is 13.5. The number of carbonyl (C=O) groups is 2. The molecule has 7 nitrogen and oxygen atoms in total. The van der Waals surface area contributed by atoms with Gasteiger partial charge in [0.2, 0.25) is 21.8 Å². The van der Waals surface area contributed by atoms with E-state index in [4.69, 9.17) is 23.2 Å². The zero-order valence-electron chi connectivity index (χ0n) is 19.8. The number of halogens is 2. The van der Waals surface area contributed by atoms with Gasteiger partial charge in [-0.05, 0) is 49.6 Å². The van der Waals surface area contributed by atoms with Crippen LogP contribution in [-0.4, -0.2) is 50.5 Å². The number of nitrogens with zero attached hydrogens (tertiary/aromatic N) is 2. The molecule has 0 bridgehead atoms. The number of rotatable bonds is 11. The van der Waals surface area contributed by atoms with Crippen molar-refractivity contribution in [2.24, 2.45) is 0 Å². The lowest BCUT2D eigenvalue weighted by Crippen LogP contribution is -2.51. The highest BCUT2D eigenvalue weighted by atomic mass is 35.5. The summed E-state index contributed by atoms with van der Waals surface area (Å²) in [5.41, 5.74) is 1.49. The van der Waals surface area contributed by atoms with Crippen LogP contribution in [0.3, 0.4) is 0 Å². The Morgan fingerprint density at radius 1 is 1.06 bits per heavy atom. The van der Waals surface area contributed by atoms with E-state index >= 15 is 0 Å². The van der Waals surface area contributed by atoms with E-state index in [1.54, 1.807) is 56.3 Å². The van der Waals surface area contributed by atoms with Crippen LogP contribution >= 0.6 is 23.2 Å². The Bertz CT molecular complexity index is 1120. The summed E-state index contributed by atoms with van der Waals surface area (Å²) in [6, 6.07) is 11.0. The number of anilines is 1. The normalized spacial score (nSPS) is 12.2. The molecule has 1 atom stereocenters. The topological polar surface area (TPSA) is 86.8 Å². The second-order valence-electron chi connectivity index (χ2n) is 8.09. The standard InChI is InChI=1S/C24H31Cl2N3O4S/c1-5-6-14-27-24(31)18(3)28(15-19-10-7-8-11-21(19)26)23(30)16-29(34(4,32)33)22-13-9-12-20(25)17(22)2/h7-13,18H,5-6,14-16H2,1-4H3,(H,27,31)/t18-/m0/s1. The number of benzene rings is 2. The third kappa shape index (κ3) is 7.35. The molecule has 0 heterocycles. The van der Waals surface area contributed by atoms with Crippen LogP contribution < -0.4 is 9.62 Å².